The van der Waals surface area contributed by atoms with E-state index >= 15 is 0 Å². The van der Waals surface area contributed by atoms with Crippen molar-refractivity contribution in [3.63, 3.8) is 0 Å². The molecular formula is C9H11BrClNO. The summed E-state index contributed by atoms with van der Waals surface area (Å²) in [5.41, 5.74) is 3.60. The van der Waals surface area contributed by atoms with E-state index in [1.807, 2.05) is 6.92 Å². The van der Waals surface area contributed by atoms with Gasteiger partial charge in [-0.3, -0.25) is 4.79 Å². The Kier molecular flexibility index (Phi) is 3.19. The highest BCUT2D eigenvalue weighted by Gasteiger charge is 2.16. The first kappa shape index (κ1) is 10.8. The Morgan fingerprint density at radius 1 is 1.38 bits per heavy atom. The Labute approximate surface area is 91.3 Å². The number of fused-ring (bicyclic) bond motifs is 1. The number of aryl methyl sites for hydroxylation is 1. The normalized spacial score (nSPS) is 13.7. The van der Waals surface area contributed by atoms with Crippen LogP contribution in [0.15, 0.2) is 9.27 Å². The lowest BCUT2D eigenvalue weighted by Gasteiger charge is -2.04. The van der Waals surface area contributed by atoms with Crippen LogP contribution < -0.4 is 5.56 Å². The van der Waals surface area contributed by atoms with Gasteiger partial charge in [0.1, 0.15) is 0 Å². The van der Waals surface area contributed by atoms with Gasteiger partial charge >= 0.3 is 0 Å². The van der Waals surface area contributed by atoms with Gasteiger partial charge < -0.3 is 4.98 Å². The van der Waals surface area contributed by atoms with Crippen LogP contribution in [-0.4, -0.2) is 4.98 Å². The number of hydrogen-bond acceptors (Lipinski definition) is 1. The van der Waals surface area contributed by atoms with Crippen LogP contribution in [-0.2, 0) is 12.8 Å². The molecule has 1 aliphatic rings. The number of H-pyrrole nitrogens is 1. The predicted octanol–water partition coefficient (Wildman–Crippen LogP) is 2.36. The van der Waals surface area contributed by atoms with E-state index in [0.29, 0.717) is 4.47 Å². The van der Waals surface area contributed by atoms with E-state index in [1.165, 1.54) is 12.0 Å². The lowest BCUT2D eigenvalue weighted by Crippen LogP contribution is -2.12. The minimum Gasteiger partial charge on any atom is -0.325 e. The maximum atomic E-state index is 11.3. The van der Waals surface area contributed by atoms with Gasteiger partial charge in [0.05, 0.1) is 4.47 Å². The summed E-state index contributed by atoms with van der Waals surface area (Å²) in [4.78, 5) is 14.2. The summed E-state index contributed by atoms with van der Waals surface area (Å²) in [7, 11) is 0. The maximum Gasteiger partial charge on any atom is 0.262 e. The number of aromatic amines is 1. The molecule has 0 bridgehead atoms. The van der Waals surface area contributed by atoms with E-state index in [4.69, 9.17) is 0 Å². The van der Waals surface area contributed by atoms with Crippen molar-refractivity contribution in [1.29, 1.82) is 0 Å². The second-order valence-corrected chi connectivity index (χ2v) is 4.00. The molecule has 2 rings (SSSR count). The average molecular weight is 265 g/mol. The molecule has 1 aromatic rings. The maximum absolute atomic E-state index is 11.3. The van der Waals surface area contributed by atoms with Crippen LogP contribution in [0.2, 0.25) is 0 Å². The lowest BCUT2D eigenvalue weighted by atomic mass is 10.1. The first-order valence-electron chi connectivity index (χ1n) is 4.10. The van der Waals surface area contributed by atoms with Gasteiger partial charge in [-0.05, 0) is 53.2 Å². The Morgan fingerprint density at radius 3 is 2.77 bits per heavy atom. The van der Waals surface area contributed by atoms with Crippen LogP contribution in [0.3, 0.4) is 0 Å². The summed E-state index contributed by atoms with van der Waals surface area (Å²) in [5, 5.41) is 0. The fourth-order valence-electron chi connectivity index (χ4n) is 1.79. The third-order valence-corrected chi connectivity index (χ3v) is 3.42. The van der Waals surface area contributed by atoms with Crippen LogP contribution in [0.5, 0.6) is 0 Å². The van der Waals surface area contributed by atoms with Crippen molar-refractivity contribution in [3.8, 4) is 0 Å². The summed E-state index contributed by atoms with van der Waals surface area (Å²) < 4.78 is 0.697. The number of hydrogen-bond donors (Lipinski definition) is 1. The van der Waals surface area contributed by atoms with Crippen molar-refractivity contribution in [3.05, 3.63) is 31.6 Å². The first-order valence-corrected chi connectivity index (χ1v) is 4.89. The van der Waals surface area contributed by atoms with Gasteiger partial charge in [-0.2, -0.15) is 0 Å². The second kappa shape index (κ2) is 3.84. The van der Waals surface area contributed by atoms with E-state index < -0.39 is 0 Å². The summed E-state index contributed by atoms with van der Waals surface area (Å²) in [6, 6.07) is 0. The minimum atomic E-state index is 0. The van der Waals surface area contributed by atoms with Crippen LogP contribution >= 0.6 is 28.3 Å². The van der Waals surface area contributed by atoms with E-state index in [1.54, 1.807) is 0 Å². The second-order valence-electron chi connectivity index (χ2n) is 3.20. The Hall–Kier alpha value is -0.280. The molecule has 1 heterocycles. The van der Waals surface area contributed by atoms with Crippen LogP contribution in [0.1, 0.15) is 23.2 Å². The molecule has 72 valence electrons. The number of halogens is 2. The van der Waals surface area contributed by atoms with Crippen LogP contribution in [0.4, 0.5) is 0 Å². The van der Waals surface area contributed by atoms with Gasteiger partial charge in [-0.1, -0.05) is 0 Å². The highest BCUT2D eigenvalue weighted by molar-refractivity contribution is 9.10. The monoisotopic (exact) mass is 263 g/mol. The topological polar surface area (TPSA) is 32.9 Å². The fourth-order valence-corrected chi connectivity index (χ4v) is 2.13. The third kappa shape index (κ3) is 1.67. The highest BCUT2D eigenvalue weighted by Crippen LogP contribution is 2.25. The highest BCUT2D eigenvalue weighted by atomic mass is 79.9. The number of nitrogens with one attached hydrogen (secondary N) is 1. The zero-order valence-electron chi connectivity index (χ0n) is 7.32. The van der Waals surface area contributed by atoms with E-state index in [2.05, 4.69) is 20.9 Å². The molecule has 0 amide bonds. The smallest absolute Gasteiger partial charge is 0.262 e. The fraction of sp³-hybridized carbons (Fsp3) is 0.444. The molecule has 0 fully saturated rings. The summed E-state index contributed by atoms with van der Waals surface area (Å²) >= 11 is 3.29. The number of aromatic nitrogens is 1. The van der Waals surface area contributed by atoms with E-state index in [9.17, 15) is 4.79 Å². The van der Waals surface area contributed by atoms with Crippen molar-refractivity contribution >= 4 is 28.3 Å². The molecule has 1 N–H and O–H groups in total. The molecule has 0 atom stereocenters. The molecule has 1 aliphatic carbocycles. The standard InChI is InChI=1S/C9H10BrNO.ClH/c1-5-6-3-2-4-7(6)11-9(12)8(5)10;/h2-4H2,1H3,(H,11,12);1H. The molecule has 0 aromatic carbocycles. The van der Waals surface area contributed by atoms with Crippen molar-refractivity contribution in [2.45, 2.75) is 26.2 Å². The van der Waals surface area contributed by atoms with Gasteiger partial charge in [-0.25, -0.2) is 0 Å². The SMILES string of the molecule is Cc1c2c([nH]c(=O)c1Br)CCC2.Cl. The van der Waals surface area contributed by atoms with E-state index in [0.717, 1.165) is 24.1 Å². The third-order valence-electron chi connectivity index (χ3n) is 2.46. The zero-order chi connectivity index (χ0) is 8.72. The molecule has 0 radical (unpaired) electrons. The van der Waals surface area contributed by atoms with Crippen molar-refractivity contribution in [2.24, 2.45) is 0 Å². The predicted molar refractivity (Wildman–Crippen MR) is 58.8 cm³/mol. The van der Waals surface area contributed by atoms with Crippen molar-refractivity contribution < 1.29 is 0 Å². The van der Waals surface area contributed by atoms with Crippen LogP contribution in [0, 0.1) is 6.92 Å². The molecular weight excluding hydrogens is 253 g/mol. The van der Waals surface area contributed by atoms with Gasteiger partial charge in [0.15, 0.2) is 0 Å². The van der Waals surface area contributed by atoms with Gasteiger partial charge in [-0.15, -0.1) is 12.4 Å². The molecule has 2 nitrogen and oxygen atoms in total. The zero-order valence-corrected chi connectivity index (χ0v) is 9.72. The quantitative estimate of drug-likeness (QED) is 0.767. The Bertz CT molecular complexity index is 386. The lowest BCUT2D eigenvalue weighted by molar-refractivity contribution is 0.896. The molecule has 0 saturated heterocycles. The Morgan fingerprint density at radius 2 is 2.08 bits per heavy atom. The summed E-state index contributed by atoms with van der Waals surface area (Å²) in [6.45, 7) is 2.00. The summed E-state index contributed by atoms with van der Waals surface area (Å²) in [5.74, 6) is 0. The average Bonchev–Trinajstić information content (AvgIpc) is 2.48. The first-order chi connectivity index (χ1) is 5.70. The van der Waals surface area contributed by atoms with Gasteiger partial charge in [0.2, 0.25) is 0 Å². The minimum absolute atomic E-state index is 0. The van der Waals surface area contributed by atoms with Crippen molar-refractivity contribution in [1.82, 2.24) is 4.98 Å². The molecule has 1 aromatic heterocycles. The molecule has 0 aliphatic heterocycles. The molecule has 0 saturated carbocycles. The summed E-state index contributed by atoms with van der Waals surface area (Å²) in [6.07, 6.45) is 3.30. The molecule has 13 heavy (non-hydrogen) atoms. The largest absolute Gasteiger partial charge is 0.325 e. The van der Waals surface area contributed by atoms with Crippen LogP contribution in [0.25, 0.3) is 0 Å². The number of pyridine rings is 1. The van der Waals surface area contributed by atoms with E-state index in [-0.39, 0.29) is 18.0 Å². The van der Waals surface area contributed by atoms with Gasteiger partial charge in [0.25, 0.3) is 5.56 Å². The molecule has 4 heteroatoms. The van der Waals surface area contributed by atoms with Crippen molar-refractivity contribution in [2.75, 3.05) is 0 Å². The number of rotatable bonds is 0. The Balaban J connectivity index is 0.000000845. The molecule has 0 spiro atoms. The molecule has 0 unspecified atom stereocenters. The van der Waals surface area contributed by atoms with Gasteiger partial charge in [0, 0.05) is 5.69 Å².